The largest absolute Gasteiger partial charge is 0.525 e. The molecule has 0 saturated heterocycles. The second-order valence-electron chi connectivity index (χ2n) is 7.82. The fraction of sp³-hybridized carbons (Fsp3) is 0.632. The lowest BCUT2D eigenvalue weighted by atomic mass is 9.49. The Labute approximate surface area is 148 Å². The van der Waals surface area contributed by atoms with Gasteiger partial charge in [0.05, 0.1) is 0 Å². The Kier molecular flexibility index (Phi) is 4.06. The number of hydrogen-bond donors (Lipinski definition) is 0. The molecule has 5 nitrogen and oxygen atoms in total. The molecule has 0 amide bonds. The van der Waals surface area contributed by atoms with Crippen LogP contribution in [0.4, 0.5) is 4.79 Å². The molecule has 0 N–H and O–H groups in total. The van der Waals surface area contributed by atoms with Crippen LogP contribution in [0.3, 0.4) is 0 Å². The van der Waals surface area contributed by atoms with Crippen LogP contribution in [0.5, 0.6) is 0 Å². The number of carbonyl (C=O) groups excluding carboxylic acids is 1. The van der Waals surface area contributed by atoms with E-state index in [-0.39, 0.29) is 4.90 Å². The lowest BCUT2D eigenvalue weighted by Crippen LogP contribution is -2.59. The average Bonchev–Trinajstić information content (AvgIpc) is 2.58. The standard InChI is InChI=1S/C19H24O5S/c1-2-19(15-9-13-8-14(11-15)12-16(19)10-13)23-18(20)24-25(21,22)17-6-4-3-5-7-17/h3-7,13-16H,2,8-12H2,1H3. The van der Waals surface area contributed by atoms with Gasteiger partial charge in [-0.25, -0.2) is 4.79 Å². The number of carbonyl (C=O) groups is 1. The first-order valence-corrected chi connectivity index (χ1v) is 10.6. The molecule has 0 aromatic heterocycles. The molecule has 0 heterocycles. The fourth-order valence-electron chi connectivity index (χ4n) is 5.70. The lowest BCUT2D eigenvalue weighted by Gasteiger charge is -2.59. The summed E-state index contributed by atoms with van der Waals surface area (Å²) >= 11 is 0. The molecule has 4 aliphatic carbocycles. The van der Waals surface area contributed by atoms with Gasteiger partial charge in [0.1, 0.15) is 10.5 Å². The summed E-state index contributed by atoms with van der Waals surface area (Å²) in [7, 11) is -4.15. The predicted molar refractivity (Wildman–Crippen MR) is 91.3 cm³/mol. The van der Waals surface area contributed by atoms with Crippen molar-refractivity contribution in [3.63, 3.8) is 0 Å². The maximum Gasteiger partial charge on any atom is 0.525 e. The van der Waals surface area contributed by atoms with Crippen molar-refractivity contribution in [2.75, 3.05) is 0 Å². The van der Waals surface area contributed by atoms with Crippen LogP contribution in [0.1, 0.15) is 45.4 Å². The monoisotopic (exact) mass is 364 g/mol. The van der Waals surface area contributed by atoms with E-state index in [1.807, 2.05) is 6.92 Å². The molecule has 0 atom stereocenters. The molecule has 1 aromatic rings. The number of rotatable bonds is 4. The summed E-state index contributed by atoms with van der Waals surface area (Å²) in [6, 6.07) is 7.69. The molecule has 4 bridgehead atoms. The van der Waals surface area contributed by atoms with Gasteiger partial charge >= 0.3 is 16.3 Å². The Morgan fingerprint density at radius 3 is 2.12 bits per heavy atom. The summed E-state index contributed by atoms with van der Waals surface area (Å²) in [5.41, 5.74) is -0.559. The Morgan fingerprint density at radius 2 is 1.60 bits per heavy atom. The second kappa shape index (κ2) is 6.01. The highest BCUT2D eigenvalue weighted by molar-refractivity contribution is 7.87. The summed E-state index contributed by atoms with van der Waals surface area (Å²) in [6.45, 7) is 2.03. The van der Waals surface area contributed by atoms with Gasteiger partial charge in [0.15, 0.2) is 0 Å². The summed E-state index contributed by atoms with van der Waals surface area (Å²) in [5, 5.41) is 0. The van der Waals surface area contributed by atoms with E-state index in [1.165, 1.54) is 18.6 Å². The minimum Gasteiger partial charge on any atom is -0.426 e. The minimum atomic E-state index is -4.15. The van der Waals surface area contributed by atoms with Crippen LogP contribution in [0, 0.1) is 23.7 Å². The van der Waals surface area contributed by atoms with E-state index in [0.717, 1.165) is 37.5 Å². The molecule has 0 spiro atoms. The summed E-state index contributed by atoms with van der Waals surface area (Å²) in [4.78, 5) is 12.3. The van der Waals surface area contributed by atoms with Crippen LogP contribution in [0.15, 0.2) is 35.2 Å². The predicted octanol–water partition coefficient (Wildman–Crippen LogP) is 4.13. The summed E-state index contributed by atoms with van der Waals surface area (Å²) < 4.78 is 35.1. The van der Waals surface area contributed by atoms with Crippen molar-refractivity contribution < 1.29 is 22.1 Å². The number of benzene rings is 1. The van der Waals surface area contributed by atoms with Crippen molar-refractivity contribution in [1.29, 1.82) is 0 Å². The molecule has 6 heteroatoms. The van der Waals surface area contributed by atoms with E-state index in [0.29, 0.717) is 18.3 Å². The first kappa shape index (κ1) is 16.9. The molecule has 4 aliphatic rings. The van der Waals surface area contributed by atoms with E-state index in [9.17, 15) is 13.2 Å². The van der Waals surface area contributed by atoms with E-state index in [4.69, 9.17) is 8.92 Å². The zero-order chi connectivity index (χ0) is 17.7. The smallest absolute Gasteiger partial charge is 0.426 e. The van der Waals surface area contributed by atoms with Gasteiger partial charge < -0.3 is 8.92 Å². The van der Waals surface area contributed by atoms with Gasteiger partial charge in [-0.05, 0) is 74.3 Å². The van der Waals surface area contributed by atoms with Crippen molar-refractivity contribution in [3.05, 3.63) is 30.3 Å². The van der Waals surface area contributed by atoms with E-state index in [1.54, 1.807) is 18.2 Å². The van der Waals surface area contributed by atoms with Crippen LogP contribution in [0.25, 0.3) is 0 Å². The molecule has 4 saturated carbocycles. The van der Waals surface area contributed by atoms with Gasteiger partial charge in [0.25, 0.3) is 0 Å². The van der Waals surface area contributed by atoms with Crippen molar-refractivity contribution >= 4 is 16.3 Å². The SMILES string of the molecule is CCC1(OC(=O)OS(=O)(=O)c2ccccc2)C2CC3CC(C2)CC1C3. The molecular formula is C19H24O5S. The zero-order valence-electron chi connectivity index (χ0n) is 14.4. The molecule has 25 heavy (non-hydrogen) atoms. The molecule has 0 aliphatic heterocycles. The molecule has 0 unspecified atom stereocenters. The molecule has 136 valence electrons. The Morgan fingerprint density at radius 1 is 1.04 bits per heavy atom. The van der Waals surface area contributed by atoms with E-state index in [2.05, 4.69) is 0 Å². The van der Waals surface area contributed by atoms with Crippen molar-refractivity contribution in [3.8, 4) is 0 Å². The quantitative estimate of drug-likeness (QED) is 0.593. The Hall–Kier alpha value is -1.56. The minimum absolute atomic E-state index is 0.0393. The van der Waals surface area contributed by atoms with Crippen LogP contribution in [-0.4, -0.2) is 20.2 Å². The molecular weight excluding hydrogens is 340 g/mol. The maximum absolute atomic E-state index is 12.4. The van der Waals surface area contributed by atoms with Crippen molar-refractivity contribution in [2.24, 2.45) is 23.7 Å². The van der Waals surface area contributed by atoms with E-state index >= 15 is 0 Å². The van der Waals surface area contributed by atoms with Gasteiger partial charge in [-0.1, -0.05) is 25.1 Å². The summed E-state index contributed by atoms with van der Waals surface area (Å²) in [6.07, 6.45) is 5.26. The third kappa shape index (κ3) is 2.84. The van der Waals surface area contributed by atoms with Crippen molar-refractivity contribution in [1.82, 2.24) is 0 Å². The maximum atomic E-state index is 12.4. The van der Waals surface area contributed by atoms with Gasteiger partial charge in [-0.2, -0.15) is 8.42 Å². The zero-order valence-corrected chi connectivity index (χ0v) is 15.2. The Balaban J connectivity index is 1.52. The number of ether oxygens (including phenoxy) is 1. The molecule has 1 aromatic carbocycles. The first-order chi connectivity index (χ1) is 11.9. The summed E-state index contributed by atoms with van der Waals surface area (Å²) in [5.74, 6) is 2.16. The van der Waals surface area contributed by atoms with Crippen molar-refractivity contribution in [2.45, 2.75) is 55.9 Å². The third-order valence-electron chi connectivity index (χ3n) is 6.56. The van der Waals surface area contributed by atoms with E-state index < -0.39 is 21.9 Å². The molecule has 0 radical (unpaired) electrons. The third-order valence-corrected chi connectivity index (χ3v) is 7.76. The highest BCUT2D eigenvalue weighted by atomic mass is 32.2. The highest BCUT2D eigenvalue weighted by Crippen LogP contribution is 2.60. The lowest BCUT2D eigenvalue weighted by molar-refractivity contribution is -0.180. The van der Waals surface area contributed by atoms with Crippen LogP contribution < -0.4 is 0 Å². The molecule has 5 rings (SSSR count). The second-order valence-corrected chi connectivity index (χ2v) is 9.36. The fourth-order valence-corrected chi connectivity index (χ4v) is 6.50. The first-order valence-electron chi connectivity index (χ1n) is 9.15. The molecule has 4 fully saturated rings. The number of hydrogen-bond acceptors (Lipinski definition) is 5. The van der Waals surface area contributed by atoms with Crippen LogP contribution in [0.2, 0.25) is 0 Å². The van der Waals surface area contributed by atoms with Gasteiger partial charge in [0, 0.05) is 0 Å². The van der Waals surface area contributed by atoms with Crippen LogP contribution in [-0.2, 0) is 19.0 Å². The van der Waals surface area contributed by atoms with Gasteiger partial charge in [0.2, 0.25) is 0 Å². The highest BCUT2D eigenvalue weighted by Gasteiger charge is 2.59. The van der Waals surface area contributed by atoms with Gasteiger partial charge in [-0.15, -0.1) is 0 Å². The topological polar surface area (TPSA) is 69.7 Å². The van der Waals surface area contributed by atoms with Gasteiger partial charge in [-0.3, -0.25) is 0 Å². The average molecular weight is 364 g/mol. The normalized spacial score (nSPS) is 36.2. The van der Waals surface area contributed by atoms with Crippen LogP contribution >= 0.6 is 0 Å². The Bertz CT molecular complexity index is 727.